The molecule has 2 heterocycles. The fourth-order valence-electron chi connectivity index (χ4n) is 3.72. The Morgan fingerprint density at radius 1 is 1.22 bits per heavy atom. The Bertz CT molecular complexity index is 877. The van der Waals surface area contributed by atoms with Gasteiger partial charge in [-0.3, -0.25) is 14.4 Å². The van der Waals surface area contributed by atoms with Gasteiger partial charge in [-0.2, -0.15) is 0 Å². The van der Waals surface area contributed by atoms with Gasteiger partial charge in [-0.05, 0) is 44.2 Å². The number of hydrogen-bond donors (Lipinski definition) is 2. The van der Waals surface area contributed by atoms with Gasteiger partial charge in [-0.15, -0.1) is 0 Å². The molecular weight excluding hydrogens is 346 g/mol. The number of likely N-dealkylation sites (tertiary alicyclic amines) is 1. The molecular formula is C20H25N3O4. The molecule has 1 aliphatic rings. The summed E-state index contributed by atoms with van der Waals surface area (Å²) in [7, 11) is 0. The van der Waals surface area contributed by atoms with E-state index < -0.39 is 5.97 Å². The molecule has 1 atom stereocenters. The van der Waals surface area contributed by atoms with Crippen LogP contribution in [0.3, 0.4) is 0 Å². The molecule has 3 rings (SSSR count). The highest BCUT2D eigenvalue weighted by molar-refractivity contribution is 5.77. The van der Waals surface area contributed by atoms with Crippen molar-refractivity contribution in [3.05, 3.63) is 40.4 Å². The third kappa shape index (κ3) is 4.93. The van der Waals surface area contributed by atoms with Crippen LogP contribution in [0.4, 0.5) is 0 Å². The number of H-pyrrole nitrogens is 1. The maximum atomic E-state index is 12.6. The maximum Gasteiger partial charge on any atom is 0.303 e. The maximum absolute atomic E-state index is 12.6. The van der Waals surface area contributed by atoms with Crippen LogP contribution in [0.2, 0.25) is 0 Å². The molecule has 27 heavy (non-hydrogen) atoms. The molecule has 1 aromatic heterocycles. The fraction of sp³-hybridized carbons (Fsp3) is 0.500. The van der Waals surface area contributed by atoms with Gasteiger partial charge in [0.25, 0.3) is 5.56 Å². The van der Waals surface area contributed by atoms with Crippen molar-refractivity contribution in [2.24, 2.45) is 0 Å². The molecule has 0 unspecified atom stereocenters. The molecule has 1 fully saturated rings. The quantitative estimate of drug-likeness (QED) is 0.778. The number of amides is 1. The van der Waals surface area contributed by atoms with Gasteiger partial charge in [0.15, 0.2) is 0 Å². The number of aliphatic carboxylic acids is 1. The zero-order valence-electron chi connectivity index (χ0n) is 15.3. The third-order valence-electron chi connectivity index (χ3n) is 5.11. The van der Waals surface area contributed by atoms with Crippen LogP contribution in [0.25, 0.3) is 10.9 Å². The van der Waals surface area contributed by atoms with Crippen molar-refractivity contribution in [2.45, 2.75) is 57.4 Å². The van der Waals surface area contributed by atoms with E-state index in [1.807, 2.05) is 11.0 Å². The van der Waals surface area contributed by atoms with Gasteiger partial charge in [-0.25, -0.2) is 4.98 Å². The van der Waals surface area contributed by atoms with E-state index in [1.165, 1.54) is 0 Å². The zero-order valence-corrected chi connectivity index (χ0v) is 15.3. The van der Waals surface area contributed by atoms with Crippen LogP contribution < -0.4 is 5.56 Å². The van der Waals surface area contributed by atoms with Gasteiger partial charge < -0.3 is 15.0 Å². The smallest absolute Gasteiger partial charge is 0.303 e. The number of hydrogen-bond acceptors (Lipinski definition) is 4. The molecule has 1 aromatic carbocycles. The van der Waals surface area contributed by atoms with Crippen molar-refractivity contribution < 1.29 is 14.7 Å². The molecule has 0 aliphatic carbocycles. The molecule has 1 amide bonds. The Balaban J connectivity index is 1.57. The number of nitrogens with zero attached hydrogens (tertiary/aromatic N) is 2. The van der Waals surface area contributed by atoms with Crippen molar-refractivity contribution in [3.8, 4) is 0 Å². The summed E-state index contributed by atoms with van der Waals surface area (Å²) < 4.78 is 0. The number of aromatic nitrogens is 2. The van der Waals surface area contributed by atoms with Crippen LogP contribution in [-0.4, -0.2) is 44.4 Å². The van der Waals surface area contributed by atoms with Gasteiger partial charge in [0.1, 0.15) is 5.82 Å². The number of aromatic amines is 1. The number of carboxylic acids is 1. The molecule has 144 valence electrons. The lowest BCUT2D eigenvalue weighted by atomic mass is 9.97. The normalized spacial score (nSPS) is 17.2. The number of nitrogens with one attached hydrogen (secondary N) is 1. The summed E-state index contributed by atoms with van der Waals surface area (Å²) in [6, 6.07) is 7.22. The highest BCUT2D eigenvalue weighted by atomic mass is 16.4. The van der Waals surface area contributed by atoms with E-state index in [1.54, 1.807) is 18.2 Å². The van der Waals surface area contributed by atoms with E-state index in [4.69, 9.17) is 5.11 Å². The van der Waals surface area contributed by atoms with Crippen LogP contribution in [0, 0.1) is 0 Å². The second kappa shape index (κ2) is 8.79. The molecule has 0 radical (unpaired) electrons. The number of fused-ring (bicyclic) bond motifs is 1. The summed E-state index contributed by atoms with van der Waals surface area (Å²) in [6.45, 7) is 0.703. The second-order valence-electron chi connectivity index (χ2n) is 7.05. The van der Waals surface area contributed by atoms with Crippen LogP contribution >= 0.6 is 0 Å². The highest BCUT2D eigenvalue weighted by Crippen LogP contribution is 2.22. The van der Waals surface area contributed by atoms with E-state index in [0.717, 1.165) is 19.3 Å². The Hall–Kier alpha value is -2.70. The first-order valence-electron chi connectivity index (χ1n) is 9.54. The van der Waals surface area contributed by atoms with Crippen molar-refractivity contribution in [1.29, 1.82) is 0 Å². The number of piperidine rings is 1. The third-order valence-corrected chi connectivity index (χ3v) is 5.11. The lowest BCUT2D eigenvalue weighted by Gasteiger charge is -2.35. The predicted molar refractivity (Wildman–Crippen MR) is 102 cm³/mol. The van der Waals surface area contributed by atoms with Crippen LogP contribution in [-0.2, 0) is 16.0 Å². The van der Waals surface area contributed by atoms with Crippen molar-refractivity contribution >= 4 is 22.8 Å². The highest BCUT2D eigenvalue weighted by Gasteiger charge is 2.26. The molecule has 7 nitrogen and oxygen atoms in total. The predicted octanol–water partition coefficient (Wildman–Crippen LogP) is 2.49. The number of aryl methyl sites for hydroxylation is 1. The number of carbonyl (C=O) groups is 2. The van der Waals surface area contributed by atoms with E-state index >= 15 is 0 Å². The molecule has 1 saturated heterocycles. The molecule has 0 spiro atoms. The second-order valence-corrected chi connectivity index (χ2v) is 7.05. The average molecular weight is 371 g/mol. The van der Waals surface area contributed by atoms with Gasteiger partial charge in [0.05, 0.1) is 10.9 Å². The van der Waals surface area contributed by atoms with Crippen molar-refractivity contribution in [3.63, 3.8) is 0 Å². The molecule has 2 aromatic rings. The average Bonchev–Trinajstić information content (AvgIpc) is 2.66. The Labute approximate surface area is 157 Å². The summed E-state index contributed by atoms with van der Waals surface area (Å²) in [5.74, 6) is -0.167. The van der Waals surface area contributed by atoms with Gasteiger partial charge in [0.2, 0.25) is 5.91 Å². The number of carbonyl (C=O) groups excluding carboxylic acids is 1. The number of carboxylic acid groups (broad SMARTS) is 1. The Kier molecular flexibility index (Phi) is 6.21. The van der Waals surface area contributed by atoms with Crippen LogP contribution in [0.1, 0.15) is 50.8 Å². The lowest BCUT2D eigenvalue weighted by molar-refractivity contribution is -0.140. The standard InChI is InChI=1S/C20H25N3O4/c24-18(23-13-4-3-6-14(23)11-12-19(25)26)10-5-9-17-21-16-8-2-1-7-15(16)20(27)22-17/h1-2,7-8,14H,3-6,9-13H2,(H,25,26)(H,21,22,27)/t14-/m0/s1. The van der Waals surface area contributed by atoms with Crippen LogP contribution in [0.5, 0.6) is 0 Å². The summed E-state index contributed by atoms with van der Waals surface area (Å²) >= 11 is 0. The Morgan fingerprint density at radius 2 is 2.04 bits per heavy atom. The minimum Gasteiger partial charge on any atom is -0.481 e. The molecule has 0 saturated carbocycles. The summed E-state index contributed by atoms with van der Waals surface area (Å²) in [5.41, 5.74) is 0.499. The van der Waals surface area contributed by atoms with E-state index in [2.05, 4.69) is 9.97 Å². The SMILES string of the molecule is O=C(O)CC[C@@H]1CCCCN1C(=O)CCCc1nc2ccccc2c(=O)[nH]1. The molecule has 0 bridgehead atoms. The van der Waals surface area contributed by atoms with Crippen molar-refractivity contribution in [2.75, 3.05) is 6.54 Å². The number of para-hydroxylation sites is 1. The van der Waals surface area contributed by atoms with E-state index in [9.17, 15) is 14.4 Å². The summed E-state index contributed by atoms with van der Waals surface area (Å²) in [6.07, 6.45) is 4.99. The minimum absolute atomic E-state index is 0.0287. The minimum atomic E-state index is -0.820. The van der Waals surface area contributed by atoms with E-state index in [-0.39, 0.29) is 23.9 Å². The first kappa shape index (κ1) is 19.1. The zero-order chi connectivity index (χ0) is 19.2. The lowest BCUT2D eigenvalue weighted by Crippen LogP contribution is -2.43. The number of benzene rings is 1. The molecule has 7 heteroatoms. The van der Waals surface area contributed by atoms with Crippen molar-refractivity contribution in [1.82, 2.24) is 14.9 Å². The molecule has 1 aliphatic heterocycles. The van der Waals surface area contributed by atoms with Gasteiger partial charge in [0, 0.05) is 31.8 Å². The Morgan fingerprint density at radius 3 is 2.85 bits per heavy atom. The first-order chi connectivity index (χ1) is 13.0. The van der Waals surface area contributed by atoms with Crippen LogP contribution in [0.15, 0.2) is 29.1 Å². The topological polar surface area (TPSA) is 103 Å². The fourth-order valence-corrected chi connectivity index (χ4v) is 3.72. The summed E-state index contributed by atoms with van der Waals surface area (Å²) in [5, 5.41) is 9.46. The monoisotopic (exact) mass is 371 g/mol. The van der Waals surface area contributed by atoms with Gasteiger partial charge in [-0.1, -0.05) is 12.1 Å². The summed E-state index contributed by atoms with van der Waals surface area (Å²) in [4.78, 5) is 44.6. The van der Waals surface area contributed by atoms with Gasteiger partial charge >= 0.3 is 5.97 Å². The molecule has 2 N–H and O–H groups in total. The largest absolute Gasteiger partial charge is 0.481 e. The first-order valence-corrected chi connectivity index (χ1v) is 9.54. The van der Waals surface area contributed by atoms with E-state index in [0.29, 0.717) is 49.0 Å². The number of rotatable bonds is 7.